The zero-order chi connectivity index (χ0) is 12.1. The van der Waals surface area contributed by atoms with Crippen LogP contribution in [-0.4, -0.2) is 16.0 Å². The van der Waals surface area contributed by atoms with E-state index in [1.165, 1.54) is 25.7 Å². The summed E-state index contributed by atoms with van der Waals surface area (Å²) in [5, 5.41) is 3.14. The minimum absolute atomic E-state index is 0.225. The molecule has 1 aliphatic rings. The monoisotopic (exact) mass is 239 g/mol. The Labute approximate surface area is 100.0 Å². The maximum absolute atomic E-state index is 13.5. The van der Waals surface area contributed by atoms with Crippen molar-refractivity contribution in [2.75, 3.05) is 10.7 Å². The van der Waals surface area contributed by atoms with Gasteiger partial charge in [-0.15, -0.1) is 0 Å². The number of anilines is 2. The van der Waals surface area contributed by atoms with Gasteiger partial charge in [0.15, 0.2) is 11.6 Å². The van der Waals surface area contributed by atoms with E-state index in [2.05, 4.69) is 20.7 Å². The number of nitrogen functional groups attached to an aromatic ring is 1. The van der Waals surface area contributed by atoms with E-state index in [9.17, 15) is 4.39 Å². The Bertz CT molecular complexity index is 363. The highest BCUT2D eigenvalue weighted by atomic mass is 19.1. The minimum atomic E-state index is -0.437. The second-order valence-electron chi connectivity index (χ2n) is 4.37. The third-order valence-electron chi connectivity index (χ3n) is 3.07. The molecule has 17 heavy (non-hydrogen) atoms. The standard InChI is InChI=1S/C11H18FN5/c12-9-7-14-11(17-13)16-10(9)15-8-5-3-1-2-4-6-8/h7-8H,1-6,13H2,(H2,14,15,16,17). The van der Waals surface area contributed by atoms with Crippen molar-refractivity contribution in [2.24, 2.45) is 5.84 Å². The lowest BCUT2D eigenvalue weighted by molar-refractivity contribution is 0.587. The molecule has 0 spiro atoms. The van der Waals surface area contributed by atoms with E-state index in [0.29, 0.717) is 6.04 Å². The number of aromatic nitrogens is 2. The zero-order valence-electron chi connectivity index (χ0n) is 9.75. The maximum Gasteiger partial charge on any atom is 0.239 e. The van der Waals surface area contributed by atoms with Crippen LogP contribution in [0.2, 0.25) is 0 Å². The fourth-order valence-electron chi connectivity index (χ4n) is 2.15. The first kappa shape index (κ1) is 12.0. The summed E-state index contributed by atoms with van der Waals surface area (Å²) < 4.78 is 13.5. The second kappa shape index (κ2) is 5.77. The third kappa shape index (κ3) is 3.26. The Morgan fingerprint density at radius 1 is 1.24 bits per heavy atom. The number of nitrogens with zero attached hydrogens (tertiary/aromatic N) is 2. The summed E-state index contributed by atoms with van der Waals surface area (Å²) in [6.07, 6.45) is 8.16. The van der Waals surface area contributed by atoms with Crippen molar-refractivity contribution in [3.05, 3.63) is 12.0 Å². The van der Waals surface area contributed by atoms with Crippen LogP contribution in [0, 0.1) is 5.82 Å². The lowest BCUT2D eigenvalue weighted by atomic mass is 10.1. The molecule has 1 fully saturated rings. The SMILES string of the molecule is NNc1ncc(F)c(NC2CCCCCC2)n1. The molecule has 0 amide bonds. The summed E-state index contributed by atoms with van der Waals surface area (Å²) >= 11 is 0. The number of nitrogens with one attached hydrogen (secondary N) is 2. The molecule has 1 aromatic rings. The van der Waals surface area contributed by atoms with E-state index in [1.807, 2.05) is 0 Å². The molecule has 0 atom stereocenters. The first-order chi connectivity index (χ1) is 8.29. The van der Waals surface area contributed by atoms with Gasteiger partial charge in [0.25, 0.3) is 0 Å². The fraction of sp³-hybridized carbons (Fsp3) is 0.636. The topological polar surface area (TPSA) is 75.9 Å². The molecule has 2 rings (SSSR count). The van der Waals surface area contributed by atoms with E-state index in [-0.39, 0.29) is 11.8 Å². The van der Waals surface area contributed by atoms with Crippen LogP contribution in [0.3, 0.4) is 0 Å². The Kier molecular flexibility index (Phi) is 4.08. The maximum atomic E-state index is 13.5. The average molecular weight is 239 g/mol. The largest absolute Gasteiger partial charge is 0.365 e. The van der Waals surface area contributed by atoms with Gasteiger partial charge in [-0.25, -0.2) is 15.2 Å². The minimum Gasteiger partial charge on any atom is -0.365 e. The van der Waals surface area contributed by atoms with E-state index in [1.54, 1.807) is 0 Å². The van der Waals surface area contributed by atoms with E-state index < -0.39 is 5.82 Å². The highest BCUT2D eigenvalue weighted by Crippen LogP contribution is 2.21. The van der Waals surface area contributed by atoms with E-state index in [4.69, 9.17) is 5.84 Å². The van der Waals surface area contributed by atoms with Crippen LogP contribution in [0.15, 0.2) is 6.20 Å². The molecular weight excluding hydrogens is 221 g/mol. The van der Waals surface area contributed by atoms with Crippen molar-refractivity contribution in [1.82, 2.24) is 9.97 Å². The van der Waals surface area contributed by atoms with Crippen LogP contribution in [0.1, 0.15) is 38.5 Å². The van der Waals surface area contributed by atoms with Gasteiger partial charge >= 0.3 is 0 Å². The summed E-state index contributed by atoms with van der Waals surface area (Å²) in [6.45, 7) is 0. The number of nitrogens with two attached hydrogens (primary N) is 1. The van der Waals surface area contributed by atoms with Crippen LogP contribution in [-0.2, 0) is 0 Å². The average Bonchev–Trinajstić information content (AvgIpc) is 2.60. The molecule has 0 unspecified atom stereocenters. The van der Waals surface area contributed by atoms with Crippen molar-refractivity contribution < 1.29 is 4.39 Å². The molecule has 0 saturated heterocycles. The molecule has 0 bridgehead atoms. The molecule has 1 aromatic heterocycles. The number of hydrogen-bond acceptors (Lipinski definition) is 5. The summed E-state index contributed by atoms with van der Waals surface area (Å²) in [5.41, 5.74) is 2.32. The third-order valence-corrected chi connectivity index (χ3v) is 3.07. The molecular formula is C11H18FN5. The Morgan fingerprint density at radius 2 is 1.94 bits per heavy atom. The first-order valence-corrected chi connectivity index (χ1v) is 6.05. The quantitative estimate of drug-likeness (QED) is 0.427. The molecule has 94 valence electrons. The Morgan fingerprint density at radius 3 is 2.59 bits per heavy atom. The van der Waals surface area contributed by atoms with Gasteiger partial charge in [-0.1, -0.05) is 25.7 Å². The van der Waals surface area contributed by atoms with Gasteiger partial charge in [0.05, 0.1) is 6.20 Å². The Hall–Kier alpha value is -1.43. The highest BCUT2D eigenvalue weighted by molar-refractivity contribution is 5.41. The molecule has 6 heteroatoms. The van der Waals surface area contributed by atoms with Crippen molar-refractivity contribution in [3.8, 4) is 0 Å². The molecule has 1 aliphatic carbocycles. The normalized spacial score (nSPS) is 17.5. The summed E-state index contributed by atoms with van der Waals surface area (Å²) in [4.78, 5) is 7.69. The molecule has 0 aliphatic heterocycles. The molecule has 0 aromatic carbocycles. The summed E-state index contributed by atoms with van der Waals surface area (Å²) in [5.74, 6) is 5.23. The van der Waals surface area contributed by atoms with Gasteiger partial charge in [0.2, 0.25) is 5.95 Å². The molecule has 1 saturated carbocycles. The van der Waals surface area contributed by atoms with Crippen LogP contribution < -0.4 is 16.6 Å². The predicted molar refractivity (Wildman–Crippen MR) is 64.9 cm³/mol. The van der Waals surface area contributed by atoms with Crippen LogP contribution >= 0.6 is 0 Å². The first-order valence-electron chi connectivity index (χ1n) is 6.05. The van der Waals surface area contributed by atoms with Gasteiger partial charge in [-0.3, -0.25) is 5.43 Å². The van der Waals surface area contributed by atoms with Crippen molar-refractivity contribution in [3.63, 3.8) is 0 Å². The molecule has 1 heterocycles. The fourth-order valence-corrected chi connectivity index (χ4v) is 2.15. The van der Waals surface area contributed by atoms with Crippen molar-refractivity contribution in [2.45, 2.75) is 44.6 Å². The lowest BCUT2D eigenvalue weighted by Gasteiger charge is -2.17. The van der Waals surface area contributed by atoms with Crippen molar-refractivity contribution in [1.29, 1.82) is 0 Å². The van der Waals surface area contributed by atoms with Gasteiger partial charge in [-0.2, -0.15) is 4.98 Å². The van der Waals surface area contributed by atoms with Gasteiger partial charge in [-0.05, 0) is 12.8 Å². The van der Waals surface area contributed by atoms with Crippen LogP contribution in [0.5, 0.6) is 0 Å². The second-order valence-corrected chi connectivity index (χ2v) is 4.37. The van der Waals surface area contributed by atoms with Crippen LogP contribution in [0.4, 0.5) is 16.2 Å². The highest BCUT2D eigenvalue weighted by Gasteiger charge is 2.15. The van der Waals surface area contributed by atoms with Gasteiger partial charge < -0.3 is 5.32 Å². The number of rotatable bonds is 3. The Balaban J connectivity index is 2.05. The number of hydrogen-bond donors (Lipinski definition) is 3. The van der Waals surface area contributed by atoms with Gasteiger partial charge in [0.1, 0.15) is 0 Å². The van der Waals surface area contributed by atoms with Crippen molar-refractivity contribution >= 4 is 11.8 Å². The summed E-state index contributed by atoms with van der Waals surface area (Å²) in [6, 6.07) is 0.299. The van der Waals surface area contributed by atoms with E-state index in [0.717, 1.165) is 19.0 Å². The van der Waals surface area contributed by atoms with Gasteiger partial charge in [0, 0.05) is 6.04 Å². The smallest absolute Gasteiger partial charge is 0.239 e. The molecule has 4 N–H and O–H groups in total. The van der Waals surface area contributed by atoms with E-state index >= 15 is 0 Å². The predicted octanol–water partition coefficient (Wildman–Crippen LogP) is 2.04. The lowest BCUT2D eigenvalue weighted by Crippen LogP contribution is -2.21. The number of halogens is 1. The zero-order valence-corrected chi connectivity index (χ0v) is 9.75. The molecule has 0 radical (unpaired) electrons. The number of hydrazine groups is 1. The van der Waals surface area contributed by atoms with Crippen LogP contribution in [0.25, 0.3) is 0 Å². The molecule has 5 nitrogen and oxygen atoms in total. The summed E-state index contributed by atoms with van der Waals surface area (Å²) in [7, 11) is 0.